The lowest BCUT2D eigenvalue weighted by molar-refractivity contribution is -0.138. The van der Waals surface area contributed by atoms with Crippen LogP contribution in [0.3, 0.4) is 0 Å². The Bertz CT molecular complexity index is 811. The highest BCUT2D eigenvalue weighted by molar-refractivity contribution is 6.31. The summed E-state index contributed by atoms with van der Waals surface area (Å²) in [5.74, 6) is -3.25. The largest absolute Gasteiger partial charge is 0.417 e. The van der Waals surface area contributed by atoms with Gasteiger partial charge in [0.1, 0.15) is 0 Å². The zero-order chi connectivity index (χ0) is 16.8. The zero-order valence-corrected chi connectivity index (χ0v) is 11.3. The third kappa shape index (κ3) is 2.28. The first-order chi connectivity index (χ1) is 10.8. The highest BCUT2D eigenvalue weighted by Gasteiger charge is 2.43. The van der Waals surface area contributed by atoms with Gasteiger partial charge in [-0.05, 0) is 18.2 Å². The fourth-order valence-electron chi connectivity index (χ4n) is 2.31. The van der Waals surface area contributed by atoms with Gasteiger partial charge in [-0.1, -0.05) is 12.1 Å². The van der Waals surface area contributed by atoms with Crippen molar-refractivity contribution in [1.82, 2.24) is 9.88 Å². The number of amides is 3. The lowest BCUT2D eigenvalue weighted by atomic mass is 10.1. The summed E-state index contributed by atoms with van der Waals surface area (Å²) in [6, 6.07) is 6.26. The van der Waals surface area contributed by atoms with Gasteiger partial charge in [-0.15, -0.1) is 0 Å². The molecule has 0 unspecified atom stereocenters. The van der Waals surface area contributed by atoms with E-state index in [1.807, 2.05) is 0 Å². The molecule has 2 heterocycles. The van der Waals surface area contributed by atoms with Crippen molar-refractivity contribution >= 4 is 17.7 Å². The maximum absolute atomic E-state index is 13.0. The molecule has 0 aliphatic carbocycles. The molecular weight excluding hydrogens is 313 g/mol. The molecule has 0 saturated heterocycles. The van der Waals surface area contributed by atoms with Gasteiger partial charge < -0.3 is 0 Å². The van der Waals surface area contributed by atoms with Crippen LogP contribution in [0.1, 0.15) is 36.6 Å². The normalized spacial score (nSPS) is 14.1. The molecule has 2 aromatic rings. The number of pyridine rings is 1. The van der Waals surface area contributed by atoms with Crippen molar-refractivity contribution < 1.29 is 27.6 Å². The summed E-state index contributed by atoms with van der Waals surface area (Å²) in [6.45, 7) is 0. The molecule has 0 spiro atoms. The van der Waals surface area contributed by atoms with E-state index in [0.29, 0.717) is 12.3 Å². The minimum Gasteiger partial charge on any atom is -0.268 e. The summed E-state index contributed by atoms with van der Waals surface area (Å²) >= 11 is 0. The van der Waals surface area contributed by atoms with Crippen LogP contribution in [0, 0.1) is 0 Å². The molecule has 1 aliphatic heterocycles. The molecule has 0 atom stereocenters. The van der Waals surface area contributed by atoms with Gasteiger partial charge in [0, 0.05) is 12.4 Å². The molecule has 0 fully saturated rings. The Labute approximate surface area is 127 Å². The standard InChI is InChI=1S/C15H7F3N2O3/c16-15(17,18)11-5-6-19-7-10(11)14(23)20-12(21)8-3-1-2-4-9(8)13(20)22/h1-7H. The molecule has 0 N–H and O–H groups in total. The van der Waals surface area contributed by atoms with Crippen molar-refractivity contribution in [1.29, 1.82) is 0 Å². The van der Waals surface area contributed by atoms with Crippen LogP contribution in [0.5, 0.6) is 0 Å². The van der Waals surface area contributed by atoms with Crippen molar-refractivity contribution in [2.24, 2.45) is 0 Å². The second kappa shape index (κ2) is 5.01. The van der Waals surface area contributed by atoms with Gasteiger partial charge in [0.25, 0.3) is 17.7 Å². The summed E-state index contributed by atoms with van der Waals surface area (Å²) in [7, 11) is 0. The Kier molecular flexibility index (Phi) is 3.24. The Morgan fingerprint density at radius 3 is 2.09 bits per heavy atom. The number of hydrogen-bond acceptors (Lipinski definition) is 4. The predicted molar refractivity (Wildman–Crippen MR) is 70.5 cm³/mol. The Morgan fingerprint density at radius 2 is 1.57 bits per heavy atom. The molecule has 1 aromatic heterocycles. The lowest BCUT2D eigenvalue weighted by Gasteiger charge is -2.15. The van der Waals surface area contributed by atoms with Gasteiger partial charge in [0.05, 0.1) is 22.3 Å². The van der Waals surface area contributed by atoms with E-state index in [1.54, 1.807) is 0 Å². The summed E-state index contributed by atoms with van der Waals surface area (Å²) < 4.78 is 39.0. The van der Waals surface area contributed by atoms with E-state index in [0.717, 1.165) is 6.20 Å². The molecule has 5 nitrogen and oxygen atoms in total. The van der Waals surface area contributed by atoms with Gasteiger partial charge in [-0.3, -0.25) is 19.4 Å². The highest BCUT2D eigenvalue weighted by Crippen LogP contribution is 2.33. The van der Waals surface area contributed by atoms with E-state index < -0.39 is 35.0 Å². The van der Waals surface area contributed by atoms with Gasteiger partial charge >= 0.3 is 6.18 Å². The number of benzene rings is 1. The average Bonchev–Trinajstić information content (AvgIpc) is 2.78. The minimum absolute atomic E-state index is 0.0247. The van der Waals surface area contributed by atoms with Crippen molar-refractivity contribution in [2.45, 2.75) is 6.18 Å². The number of halogens is 3. The van der Waals surface area contributed by atoms with Crippen LogP contribution in [0.25, 0.3) is 0 Å². The minimum atomic E-state index is -4.81. The molecule has 0 radical (unpaired) electrons. The van der Waals surface area contributed by atoms with Gasteiger partial charge in [-0.25, -0.2) is 4.90 Å². The average molecular weight is 320 g/mol. The molecule has 0 saturated carbocycles. The predicted octanol–water partition coefficient (Wildman–Crippen LogP) is 2.54. The van der Waals surface area contributed by atoms with E-state index in [2.05, 4.69) is 4.98 Å². The maximum atomic E-state index is 13.0. The smallest absolute Gasteiger partial charge is 0.268 e. The number of aromatic nitrogens is 1. The molecule has 3 amide bonds. The number of alkyl halides is 3. The number of carbonyl (C=O) groups is 3. The number of hydrogen-bond donors (Lipinski definition) is 0. The fourth-order valence-corrected chi connectivity index (χ4v) is 2.31. The molecule has 8 heteroatoms. The van der Waals surface area contributed by atoms with E-state index >= 15 is 0 Å². The first kappa shape index (κ1) is 14.9. The van der Waals surface area contributed by atoms with Crippen LogP contribution in [0.4, 0.5) is 13.2 Å². The summed E-state index contributed by atoms with van der Waals surface area (Å²) in [5.41, 5.74) is -2.16. The van der Waals surface area contributed by atoms with Crippen molar-refractivity contribution in [3.63, 3.8) is 0 Å². The number of nitrogens with zero attached hydrogens (tertiary/aromatic N) is 2. The van der Waals surface area contributed by atoms with Crippen molar-refractivity contribution in [2.75, 3.05) is 0 Å². The van der Waals surface area contributed by atoms with Crippen molar-refractivity contribution in [3.05, 3.63) is 65.0 Å². The molecule has 1 aliphatic rings. The number of fused-ring (bicyclic) bond motifs is 1. The Morgan fingerprint density at radius 1 is 1.00 bits per heavy atom. The van der Waals surface area contributed by atoms with E-state index in [4.69, 9.17) is 0 Å². The molecule has 116 valence electrons. The van der Waals surface area contributed by atoms with Crippen molar-refractivity contribution in [3.8, 4) is 0 Å². The van der Waals surface area contributed by atoms with Gasteiger partial charge in [-0.2, -0.15) is 13.2 Å². The van der Waals surface area contributed by atoms with E-state index in [1.165, 1.54) is 24.3 Å². The molecule has 23 heavy (non-hydrogen) atoms. The summed E-state index contributed by atoms with van der Waals surface area (Å²) in [5, 5.41) is 0. The fraction of sp³-hybridized carbons (Fsp3) is 0.0667. The summed E-state index contributed by atoms with van der Waals surface area (Å²) in [4.78, 5) is 40.4. The molecule has 0 bridgehead atoms. The molecule has 3 rings (SSSR count). The quantitative estimate of drug-likeness (QED) is 0.757. The maximum Gasteiger partial charge on any atom is 0.417 e. The number of carbonyl (C=O) groups excluding carboxylic acids is 3. The number of rotatable bonds is 1. The number of imide groups is 3. The monoisotopic (exact) mass is 320 g/mol. The third-order valence-corrected chi connectivity index (χ3v) is 3.35. The Hall–Kier alpha value is -3.03. The topological polar surface area (TPSA) is 67.3 Å². The first-order valence-corrected chi connectivity index (χ1v) is 6.35. The molecular formula is C15H7F3N2O3. The van der Waals surface area contributed by atoms with Gasteiger partial charge in [0.2, 0.25) is 0 Å². The van der Waals surface area contributed by atoms with Crippen LogP contribution in [-0.2, 0) is 6.18 Å². The van der Waals surface area contributed by atoms with E-state index in [9.17, 15) is 27.6 Å². The van der Waals surface area contributed by atoms with Crippen LogP contribution in [-0.4, -0.2) is 27.6 Å². The lowest BCUT2D eigenvalue weighted by Crippen LogP contribution is -2.37. The second-order valence-corrected chi connectivity index (χ2v) is 4.72. The molecule has 1 aromatic carbocycles. The second-order valence-electron chi connectivity index (χ2n) is 4.72. The zero-order valence-electron chi connectivity index (χ0n) is 11.3. The van der Waals surface area contributed by atoms with Crippen LogP contribution >= 0.6 is 0 Å². The first-order valence-electron chi connectivity index (χ1n) is 6.35. The van der Waals surface area contributed by atoms with Crippen LogP contribution < -0.4 is 0 Å². The van der Waals surface area contributed by atoms with E-state index in [-0.39, 0.29) is 16.0 Å². The SMILES string of the molecule is O=C1c2ccccc2C(=O)N1C(=O)c1cnccc1C(F)(F)F. The van der Waals surface area contributed by atoms with Crippen LogP contribution in [0.15, 0.2) is 42.7 Å². The highest BCUT2D eigenvalue weighted by atomic mass is 19.4. The van der Waals surface area contributed by atoms with Crippen LogP contribution in [0.2, 0.25) is 0 Å². The third-order valence-electron chi connectivity index (χ3n) is 3.35. The Balaban J connectivity index is 2.07. The summed E-state index contributed by atoms with van der Waals surface area (Å²) in [6.07, 6.45) is -3.25. The van der Waals surface area contributed by atoms with Gasteiger partial charge in [0.15, 0.2) is 0 Å².